The average molecular weight is 308 g/mol. The van der Waals surface area contributed by atoms with Gasteiger partial charge in [0.2, 0.25) is 0 Å². The lowest BCUT2D eigenvalue weighted by Gasteiger charge is -2.20. The lowest BCUT2D eigenvalue weighted by molar-refractivity contribution is 0.0697. The van der Waals surface area contributed by atoms with E-state index in [1.165, 1.54) is 0 Å². The second-order valence-electron chi connectivity index (χ2n) is 5.30. The van der Waals surface area contributed by atoms with Crippen LogP contribution in [-0.4, -0.2) is 42.2 Å². The molecule has 0 saturated carbocycles. The molecule has 1 aromatic rings. The fraction of sp³-hybridized carbons (Fsp3) is 0.467. The third kappa shape index (κ3) is 3.69. The van der Waals surface area contributed by atoms with Crippen molar-refractivity contribution in [2.75, 3.05) is 30.0 Å². The van der Waals surface area contributed by atoms with Crippen LogP contribution in [0.3, 0.4) is 0 Å². The van der Waals surface area contributed by atoms with E-state index in [1.807, 2.05) is 6.26 Å². The van der Waals surface area contributed by atoms with Crippen LogP contribution in [0.2, 0.25) is 0 Å². The molecular formula is C15H20N2O3S. The van der Waals surface area contributed by atoms with E-state index in [2.05, 4.69) is 12.2 Å². The molecule has 0 aromatic heterocycles. The Hall–Kier alpha value is -1.69. The van der Waals surface area contributed by atoms with Gasteiger partial charge in [-0.1, -0.05) is 13.0 Å². The number of nitrogens with one attached hydrogen (secondary N) is 1. The Morgan fingerprint density at radius 3 is 2.90 bits per heavy atom. The van der Waals surface area contributed by atoms with E-state index >= 15 is 0 Å². The highest BCUT2D eigenvalue weighted by atomic mass is 32.2. The molecular weight excluding hydrogens is 288 g/mol. The number of amides is 2. The summed E-state index contributed by atoms with van der Waals surface area (Å²) in [6.07, 6.45) is 2.81. The third-order valence-electron chi connectivity index (χ3n) is 3.53. The fourth-order valence-corrected chi connectivity index (χ4v) is 3.11. The average Bonchev–Trinajstić information content (AvgIpc) is 2.88. The van der Waals surface area contributed by atoms with Gasteiger partial charge in [-0.15, -0.1) is 0 Å². The summed E-state index contributed by atoms with van der Waals surface area (Å²) in [5.74, 6) is 0.440. The number of anilines is 1. The lowest BCUT2D eigenvalue weighted by Crippen LogP contribution is -2.41. The Morgan fingerprint density at radius 1 is 1.48 bits per heavy atom. The maximum Gasteiger partial charge on any atom is 0.335 e. The molecule has 1 heterocycles. The second-order valence-corrected chi connectivity index (χ2v) is 6.21. The van der Waals surface area contributed by atoms with Crippen LogP contribution in [0.25, 0.3) is 0 Å². The summed E-state index contributed by atoms with van der Waals surface area (Å²) < 4.78 is 0. The smallest absolute Gasteiger partial charge is 0.335 e. The molecule has 1 aliphatic heterocycles. The number of hydrogen-bond donors (Lipinski definition) is 2. The lowest BCUT2D eigenvalue weighted by atomic mass is 10.1. The molecule has 0 radical (unpaired) electrons. The highest BCUT2D eigenvalue weighted by Crippen LogP contribution is 2.29. The van der Waals surface area contributed by atoms with Crippen molar-refractivity contribution in [3.63, 3.8) is 0 Å². The van der Waals surface area contributed by atoms with Gasteiger partial charge in [0.25, 0.3) is 0 Å². The summed E-state index contributed by atoms with van der Waals surface area (Å²) in [5, 5.41) is 12.0. The van der Waals surface area contributed by atoms with Gasteiger partial charge in [-0.2, -0.15) is 11.8 Å². The maximum atomic E-state index is 12.3. The Balaban J connectivity index is 2.05. The van der Waals surface area contributed by atoms with E-state index in [-0.39, 0.29) is 11.6 Å². The molecule has 2 rings (SSSR count). The summed E-state index contributed by atoms with van der Waals surface area (Å²) in [6, 6.07) is 4.81. The van der Waals surface area contributed by atoms with Crippen molar-refractivity contribution in [1.82, 2.24) is 5.32 Å². The van der Waals surface area contributed by atoms with E-state index in [9.17, 15) is 9.59 Å². The Kier molecular flexibility index (Phi) is 5.12. The molecule has 0 aliphatic carbocycles. The van der Waals surface area contributed by atoms with Crippen molar-refractivity contribution >= 4 is 29.4 Å². The predicted molar refractivity (Wildman–Crippen MR) is 85.4 cm³/mol. The maximum absolute atomic E-state index is 12.3. The molecule has 0 bridgehead atoms. The molecule has 0 fully saturated rings. The second kappa shape index (κ2) is 6.85. The zero-order chi connectivity index (χ0) is 15.4. The zero-order valence-electron chi connectivity index (χ0n) is 12.3. The first kappa shape index (κ1) is 15.7. The fourth-order valence-electron chi connectivity index (χ4n) is 2.42. The predicted octanol–water partition coefficient (Wildman–Crippen LogP) is 2.46. The van der Waals surface area contributed by atoms with Crippen LogP contribution < -0.4 is 10.2 Å². The van der Waals surface area contributed by atoms with Gasteiger partial charge in [-0.3, -0.25) is 4.90 Å². The number of thioether (sulfide) groups is 1. The van der Waals surface area contributed by atoms with Crippen molar-refractivity contribution < 1.29 is 14.7 Å². The minimum absolute atomic E-state index is 0.149. The number of carbonyl (C=O) groups excluding carboxylic acids is 1. The van der Waals surface area contributed by atoms with E-state index in [1.54, 1.807) is 34.9 Å². The van der Waals surface area contributed by atoms with Gasteiger partial charge in [0.05, 0.1) is 5.56 Å². The van der Waals surface area contributed by atoms with Crippen LogP contribution in [0.1, 0.15) is 22.8 Å². The number of carboxylic acid groups (broad SMARTS) is 1. The number of benzene rings is 1. The van der Waals surface area contributed by atoms with Gasteiger partial charge in [0.15, 0.2) is 0 Å². The van der Waals surface area contributed by atoms with Crippen LogP contribution in [0.5, 0.6) is 0 Å². The first-order valence-electron chi connectivity index (χ1n) is 6.93. The number of aromatic carboxylic acids is 1. The van der Waals surface area contributed by atoms with Crippen LogP contribution in [0.15, 0.2) is 18.2 Å². The van der Waals surface area contributed by atoms with Gasteiger partial charge in [0.1, 0.15) is 0 Å². The molecule has 1 atom stereocenters. The van der Waals surface area contributed by atoms with Gasteiger partial charge in [0, 0.05) is 18.8 Å². The molecule has 0 saturated heterocycles. The largest absolute Gasteiger partial charge is 0.478 e. The SMILES string of the molecule is CSCC(C)CNC(=O)N1CCc2ccc(C(=O)O)cc21. The van der Waals surface area contributed by atoms with Gasteiger partial charge >= 0.3 is 12.0 Å². The molecule has 0 spiro atoms. The number of carbonyl (C=O) groups is 2. The van der Waals surface area contributed by atoms with E-state index in [4.69, 9.17) is 5.11 Å². The molecule has 1 aromatic carbocycles. The van der Waals surface area contributed by atoms with Crippen molar-refractivity contribution in [2.24, 2.45) is 5.92 Å². The minimum atomic E-state index is -0.973. The molecule has 1 aliphatic rings. The molecule has 2 N–H and O–H groups in total. The minimum Gasteiger partial charge on any atom is -0.478 e. The van der Waals surface area contributed by atoms with Crippen LogP contribution in [0, 0.1) is 5.92 Å². The molecule has 6 heteroatoms. The Labute approximate surface area is 128 Å². The normalized spacial score (nSPS) is 14.7. The Bertz CT molecular complexity index is 548. The van der Waals surface area contributed by atoms with E-state index in [0.717, 1.165) is 17.7 Å². The van der Waals surface area contributed by atoms with Gasteiger partial charge in [-0.25, -0.2) is 9.59 Å². The van der Waals surface area contributed by atoms with E-state index in [0.29, 0.717) is 24.7 Å². The molecule has 2 amide bonds. The number of hydrogen-bond acceptors (Lipinski definition) is 3. The first-order chi connectivity index (χ1) is 10.0. The van der Waals surface area contributed by atoms with Crippen LogP contribution in [-0.2, 0) is 6.42 Å². The standard InChI is InChI=1S/C15H20N2O3S/c1-10(9-21-2)8-16-15(20)17-6-5-11-3-4-12(14(18)19)7-13(11)17/h3-4,7,10H,5-6,8-9H2,1-2H3,(H,16,20)(H,18,19). The third-order valence-corrected chi connectivity index (χ3v) is 4.43. The molecule has 114 valence electrons. The summed E-state index contributed by atoms with van der Waals surface area (Å²) >= 11 is 1.76. The van der Waals surface area contributed by atoms with Crippen molar-refractivity contribution in [3.05, 3.63) is 29.3 Å². The Morgan fingerprint density at radius 2 is 2.24 bits per heavy atom. The number of fused-ring (bicyclic) bond motifs is 1. The first-order valence-corrected chi connectivity index (χ1v) is 8.33. The van der Waals surface area contributed by atoms with Crippen molar-refractivity contribution in [3.8, 4) is 0 Å². The number of carboxylic acids is 1. The van der Waals surface area contributed by atoms with Crippen LogP contribution >= 0.6 is 11.8 Å². The highest BCUT2D eigenvalue weighted by Gasteiger charge is 2.25. The molecule has 1 unspecified atom stereocenters. The summed E-state index contributed by atoms with van der Waals surface area (Å²) in [4.78, 5) is 24.9. The number of rotatable bonds is 5. The van der Waals surface area contributed by atoms with Gasteiger partial charge in [-0.05, 0) is 42.0 Å². The number of nitrogens with zero attached hydrogens (tertiary/aromatic N) is 1. The topological polar surface area (TPSA) is 69.6 Å². The van der Waals surface area contributed by atoms with Crippen molar-refractivity contribution in [1.29, 1.82) is 0 Å². The zero-order valence-corrected chi connectivity index (χ0v) is 13.1. The molecule has 5 nitrogen and oxygen atoms in total. The quantitative estimate of drug-likeness (QED) is 0.876. The van der Waals surface area contributed by atoms with Crippen molar-refractivity contribution in [2.45, 2.75) is 13.3 Å². The summed E-state index contributed by atoms with van der Waals surface area (Å²) in [6.45, 7) is 3.32. The van der Waals surface area contributed by atoms with E-state index < -0.39 is 5.97 Å². The number of urea groups is 1. The van der Waals surface area contributed by atoms with Gasteiger partial charge < -0.3 is 10.4 Å². The highest BCUT2D eigenvalue weighted by molar-refractivity contribution is 7.98. The summed E-state index contributed by atoms with van der Waals surface area (Å²) in [5.41, 5.74) is 1.95. The monoisotopic (exact) mass is 308 g/mol. The summed E-state index contributed by atoms with van der Waals surface area (Å²) in [7, 11) is 0. The molecule has 21 heavy (non-hydrogen) atoms. The van der Waals surface area contributed by atoms with Crippen LogP contribution in [0.4, 0.5) is 10.5 Å².